The van der Waals surface area contributed by atoms with Crippen molar-refractivity contribution in [2.75, 3.05) is 0 Å². The second-order valence-electron chi connectivity index (χ2n) is 4.99. The molecule has 1 aromatic rings. The summed E-state index contributed by atoms with van der Waals surface area (Å²) in [6, 6.07) is 3.81. The van der Waals surface area contributed by atoms with E-state index in [9.17, 15) is 4.79 Å². The van der Waals surface area contributed by atoms with E-state index < -0.39 is 5.60 Å². The maximum Gasteiger partial charge on any atom is 0.313 e. The van der Waals surface area contributed by atoms with Crippen LogP contribution in [0.4, 0.5) is 0 Å². The van der Waals surface area contributed by atoms with E-state index in [4.69, 9.17) is 4.74 Å². The van der Waals surface area contributed by atoms with Crippen LogP contribution in [0.25, 0.3) is 0 Å². The zero-order chi connectivity index (χ0) is 12.3. The fraction of sp³-hybridized carbons (Fsp3) is 0.538. The zero-order valence-corrected chi connectivity index (χ0v) is 10.6. The molecule has 0 amide bonds. The molecule has 0 fully saturated rings. The van der Waals surface area contributed by atoms with Crippen LogP contribution in [0.15, 0.2) is 18.3 Å². The number of esters is 1. The van der Waals surface area contributed by atoms with Gasteiger partial charge in [-0.1, -0.05) is 6.07 Å². The molecule has 3 heteroatoms. The maximum atomic E-state index is 11.8. The molecule has 0 aliphatic heterocycles. The molecule has 88 valence electrons. The second-order valence-corrected chi connectivity index (χ2v) is 4.99. The van der Waals surface area contributed by atoms with Gasteiger partial charge in [0.25, 0.3) is 0 Å². The topological polar surface area (TPSA) is 39.2 Å². The summed E-state index contributed by atoms with van der Waals surface area (Å²) >= 11 is 0. The third-order valence-corrected chi connectivity index (χ3v) is 2.19. The van der Waals surface area contributed by atoms with E-state index in [-0.39, 0.29) is 11.9 Å². The van der Waals surface area contributed by atoms with E-state index in [0.717, 1.165) is 11.3 Å². The highest BCUT2D eigenvalue weighted by Gasteiger charge is 2.22. The molecule has 16 heavy (non-hydrogen) atoms. The molecule has 0 saturated carbocycles. The number of aromatic nitrogens is 1. The molecule has 3 nitrogen and oxygen atoms in total. The normalized spacial score (nSPS) is 13.3. The largest absolute Gasteiger partial charge is 0.460 e. The van der Waals surface area contributed by atoms with Crippen LogP contribution in [0.3, 0.4) is 0 Å². The first-order valence-electron chi connectivity index (χ1n) is 5.45. The minimum absolute atomic E-state index is 0.210. The molecule has 0 aliphatic rings. The minimum Gasteiger partial charge on any atom is -0.460 e. The average Bonchev–Trinajstić information content (AvgIpc) is 2.15. The monoisotopic (exact) mass is 221 g/mol. The quantitative estimate of drug-likeness (QED) is 0.721. The average molecular weight is 221 g/mol. The summed E-state index contributed by atoms with van der Waals surface area (Å²) in [4.78, 5) is 16.0. The van der Waals surface area contributed by atoms with Crippen molar-refractivity contribution in [2.45, 2.75) is 46.1 Å². The van der Waals surface area contributed by atoms with Gasteiger partial charge in [0.1, 0.15) is 5.60 Å². The van der Waals surface area contributed by atoms with Gasteiger partial charge in [-0.3, -0.25) is 9.78 Å². The molecule has 0 saturated heterocycles. The molecule has 1 unspecified atom stereocenters. The van der Waals surface area contributed by atoms with Crippen LogP contribution < -0.4 is 0 Å². The van der Waals surface area contributed by atoms with Crippen LogP contribution in [0.5, 0.6) is 0 Å². The highest BCUT2D eigenvalue weighted by Crippen LogP contribution is 2.19. The lowest BCUT2D eigenvalue weighted by atomic mass is 10.0. The van der Waals surface area contributed by atoms with Gasteiger partial charge in [-0.05, 0) is 46.2 Å². The van der Waals surface area contributed by atoms with Crippen molar-refractivity contribution < 1.29 is 9.53 Å². The van der Waals surface area contributed by atoms with Gasteiger partial charge in [-0.15, -0.1) is 0 Å². The van der Waals surface area contributed by atoms with Crippen LogP contribution >= 0.6 is 0 Å². The molecular weight excluding hydrogens is 202 g/mol. The van der Waals surface area contributed by atoms with Gasteiger partial charge >= 0.3 is 5.97 Å². The minimum atomic E-state index is -0.441. The number of aryl methyl sites for hydroxylation is 1. The van der Waals surface area contributed by atoms with Gasteiger partial charge in [0.15, 0.2) is 0 Å². The van der Waals surface area contributed by atoms with Gasteiger partial charge < -0.3 is 4.74 Å². The van der Waals surface area contributed by atoms with Crippen LogP contribution in [0, 0.1) is 6.92 Å². The van der Waals surface area contributed by atoms with E-state index in [0.29, 0.717) is 0 Å². The third kappa shape index (κ3) is 3.65. The Kier molecular flexibility index (Phi) is 3.68. The van der Waals surface area contributed by atoms with Crippen molar-refractivity contribution in [1.29, 1.82) is 0 Å². The Bertz CT molecular complexity index is 363. The lowest BCUT2D eigenvalue weighted by Crippen LogP contribution is -2.26. The van der Waals surface area contributed by atoms with E-state index in [1.54, 1.807) is 6.20 Å². The Hall–Kier alpha value is -1.38. The molecule has 0 aromatic carbocycles. The molecule has 1 heterocycles. The summed E-state index contributed by atoms with van der Waals surface area (Å²) in [5, 5.41) is 0. The van der Waals surface area contributed by atoms with Crippen LogP contribution in [0.2, 0.25) is 0 Å². The van der Waals surface area contributed by atoms with Gasteiger partial charge in [0, 0.05) is 11.9 Å². The Morgan fingerprint density at radius 1 is 1.38 bits per heavy atom. The number of hydrogen-bond acceptors (Lipinski definition) is 3. The highest BCUT2D eigenvalue weighted by atomic mass is 16.6. The highest BCUT2D eigenvalue weighted by molar-refractivity contribution is 5.77. The Morgan fingerprint density at radius 2 is 2.00 bits per heavy atom. The number of carbonyl (C=O) groups is 1. The van der Waals surface area contributed by atoms with E-state index in [1.807, 2.05) is 46.8 Å². The summed E-state index contributed by atoms with van der Waals surface area (Å²) in [7, 11) is 0. The predicted octanol–water partition coefficient (Wildman–Crippen LogP) is 2.84. The summed E-state index contributed by atoms with van der Waals surface area (Å²) in [6.07, 6.45) is 1.73. The third-order valence-electron chi connectivity index (χ3n) is 2.19. The molecule has 0 aliphatic carbocycles. The fourth-order valence-corrected chi connectivity index (χ4v) is 1.26. The van der Waals surface area contributed by atoms with E-state index >= 15 is 0 Å². The summed E-state index contributed by atoms with van der Waals surface area (Å²) < 4.78 is 5.32. The van der Waals surface area contributed by atoms with Crippen molar-refractivity contribution in [1.82, 2.24) is 4.98 Å². The maximum absolute atomic E-state index is 11.8. The summed E-state index contributed by atoms with van der Waals surface area (Å²) in [6.45, 7) is 9.35. The number of nitrogens with zero attached hydrogens (tertiary/aromatic N) is 1. The number of pyridine rings is 1. The Morgan fingerprint density at radius 3 is 2.44 bits per heavy atom. The van der Waals surface area contributed by atoms with Crippen molar-refractivity contribution in [3.8, 4) is 0 Å². The first-order chi connectivity index (χ1) is 7.29. The summed E-state index contributed by atoms with van der Waals surface area (Å²) in [5.41, 5.74) is 1.39. The Labute approximate surface area is 96.8 Å². The molecule has 0 spiro atoms. The van der Waals surface area contributed by atoms with Crippen LogP contribution in [0.1, 0.15) is 44.9 Å². The van der Waals surface area contributed by atoms with Crippen molar-refractivity contribution in [3.63, 3.8) is 0 Å². The number of rotatable bonds is 2. The zero-order valence-electron chi connectivity index (χ0n) is 10.6. The molecule has 0 N–H and O–H groups in total. The predicted molar refractivity (Wildman–Crippen MR) is 63.2 cm³/mol. The fourth-order valence-electron chi connectivity index (χ4n) is 1.26. The lowest BCUT2D eigenvalue weighted by molar-refractivity contribution is -0.156. The number of carbonyl (C=O) groups excluding carboxylic acids is 1. The smallest absolute Gasteiger partial charge is 0.313 e. The first-order valence-corrected chi connectivity index (χ1v) is 5.45. The van der Waals surface area contributed by atoms with Gasteiger partial charge in [-0.25, -0.2) is 0 Å². The summed E-state index contributed by atoms with van der Waals surface area (Å²) in [5.74, 6) is -0.481. The van der Waals surface area contributed by atoms with Gasteiger partial charge in [0.05, 0.1) is 5.92 Å². The first kappa shape index (κ1) is 12.7. The lowest BCUT2D eigenvalue weighted by Gasteiger charge is -2.22. The molecular formula is C13H19NO2. The number of ether oxygens (including phenoxy) is 1. The molecule has 1 aromatic heterocycles. The molecule has 1 rings (SSSR count). The van der Waals surface area contributed by atoms with Crippen LogP contribution in [-0.2, 0) is 9.53 Å². The molecule has 1 atom stereocenters. The Balaban J connectivity index is 2.74. The van der Waals surface area contributed by atoms with E-state index in [2.05, 4.69) is 4.98 Å². The van der Waals surface area contributed by atoms with E-state index in [1.165, 1.54) is 0 Å². The van der Waals surface area contributed by atoms with Crippen LogP contribution in [-0.4, -0.2) is 16.6 Å². The SMILES string of the molecule is Cc1ccc(C(C)C(=O)OC(C)(C)C)cn1. The second kappa shape index (κ2) is 4.64. The van der Waals surface area contributed by atoms with Crippen molar-refractivity contribution >= 4 is 5.97 Å². The molecule has 0 radical (unpaired) electrons. The van der Waals surface area contributed by atoms with Crippen molar-refractivity contribution in [3.05, 3.63) is 29.6 Å². The van der Waals surface area contributed by atoms with Gasteiger partial charge in [-0.2, -0.15) is 0 Å². The number of hydrogen-bond donors (Lipinski definition) is 0. The van der Waals surface area contributed by atoms with Gasteiger partial charge in [0.2, 0.25) is 0 Å². The standard InChI is InChI=1S/C13H19NO2/c1-9-6-7-11(8-14-9)10(2)12(15)16-13(3,4)5/h6-8,10H,1-5H3. The molecule has 0 bridgehead atoms. The van der Waals surface area contributed by atoms with Crippen molar-refractivity contribution in [2.24, 2.45) is 0 Å².